The van der Waals surface area contributed by atoms with Crippen molar-refractivity contribution in [3.8, 4) is 0 Å². The lowest BCUT2D eigenvalue weighted by atomic mass is 10.2. The van der Waals surface area contributed by atoms with Gasteiger partial charge in [-0.1, -0.05) is 12.1 Å². The summed E-state index contributed by atoms with van der Waals surface area (Å²) in [5.41, 5.74) is 0.566. The summed E-state index contributed by atoms with van der Waals surface area (Å²) >= 11 is 0. The van der Waals surface area contributed by atoms with Gasteiger partial charge >= 0.3 is 0 Å². The number of carbonyl (C=O) groups is 1. The monoisotopic (exact) mass is 307 g/mol. The fourth-order valence-corrected chi connectivity index (χ4v) is 2.81. The highest BCUT2D eigenvalue weighted by atomic mass is 32.2. The van der Waals surface area contributed by atoms with Gasteiger partial charge in [0.05, 0.1) is 10.5 Å². The second-order valence-electron chi connectivity index (χ2n) is 4.61. The molecule has 0 saturated heterocycles. The molecule has 0 N–H and O–H groups in total. The molecule has 0 aliphatic carbocycles. The summed E-state index contributed by atoms with van der Waals surface area (Å²) in [5, 5.41) is 0. The van der Waals surface area contributed by atoms with Crippen LogP contribution in [0.2, 0.25) is 0 Å². The number of carbonyl (C=O) groups excluding carboxylic acids is 1. The van der Waals surface area contributed by atoms with Crippen molar-refractivity contribution in [2.75, 3.05) is 18.2 Å². The van der Waals surface area contributed by atoms with Gasteiger partial charge in [0.25, 0.3) is 5.91 Å². The lowest BCUT2D eigenvalue weighted by Gasteiger charge is -2.18. The van der Waals surface area contributed by atoms with E-state index >= 15 is 0 Å². The fourth-order valence-electron chi connectivity index (χ4n) is 1.93. The molecule has 0 bridgehead atoms. The van der Waals surface area contributed by atoms with Gasteiger partial charge in [-0.15, -0.1) is 0 Å². The maximum Gasteiger partial charge on any atom is 0.259 e. The van der Waals surface area contributed by atoms with Crippen LogP contribution in [0, 0.1) is 5.82 Å². The van der Waals surface area contributed by atoms with Crippen LogP contribution in [0.4, 0.5) is 10.1 Å². The maximum absolute atomic E-state index is 12.9. The van der Waals surface area contributed by atoms with Crippen LogP contribution < -0.4 is 4.90 Å². The molecular weight excluding hydrogens is 293 g/mol. The van der Waals surface area contributed by atoms with Gasteiger partial charge in [-0.25, -0.2) is 12.8 Å². The Bertz CT molecular complexity index is 770. The van der Waals surface area contributed by atoms with Crippen LogP contribution in [-0.2, 0) is 9.84 Å². The third-order valence-electron chi connectivity index (χ3n) is 3.04. The Morgan fingerprint density at radius 1 is 1.05 bits per heavy atom. The molecule has 2 aromatic carbocycles. The van der Waals surface area contributed by atoms with E-state index in [-0.39, 0.29) is 10.5 Å². The molecule has 6 heteroatoms. The first kappa shape index (κ1) is 15.2. The molecule has 0 spiro atoms. The first-order chi connectivity index (χ1) is 9.80. The summed E-state index contributed by atoms with van der Waals surface area (Å²) in [6.45, 7) is 0. The molecule has 110 valence electrons. The zero-order valence-electron chi connectivity index (χ0n) is 11.6. The molecule has 0 aromatic heterocycles. The summed E-state index contributed by atoms with van der Waals surface area (Å²) in [4.78, 5) is 13.7. The largest absolute Gasteiger partial charge is 0.311 e. The minimum absolute atomic E-state index is 0.0241. The molecule has 2 aromatic rings. The molecule has 2 rings (SSSR count). The van der Waals surface area contributed by atoms with Crippen molar-refractivity contribution in [2.45, 2.75) is 4.90 Å². The van der Waals surface area contributed by atoms with Crippen molar-refractivity contribution in [3.63, 3.8) is 0 Å². The van der Waals surface area contributed by atoms with E-state index in [0.717, 1.165) is 6.26 Å². The molecule has 0 radical (unpaired) electrons. The van der Waals surface area contributed by atoms with Gasteiger partial charge in [-0.2, -0.15) is 0 Å². The van der Waals surface area contributed by atoms with Crippen molar-refractivity contribution < 1.29 is 17.6 Å². The Balaban J connectivity index is 2.43. The van der Waals surface area contributed by atoms with Gasteiger partial charge in [0, 0.05) is 19.0 Å². The average Bonchev–Trinajstić information content (AvgIpc) is 2.45. The average molecular weight is 307 g/mol. The molecule has 0 unspecified atom stereocenters. The normalized spacial score (nSPS) is 11.2. The van der Waals surface area contributed by atoms with Crippen molar-refractivity contribution >= 4 is 21.4 Å². The second kappa shape index (κ2) is 5.65. The third kappa shape index (κ3) is 3.28. The van der Waals surface area contributed by atoms with Gasteiger partial charge in [0.15, 0.2) is 9.84 Å². The first-order valence-corrected chi connectivity index (χ1v) is 8.02. The number of rotatable bonds is 3. The number of anilines is 1. The highest BCUT2D eigenvalue weighted by molar-refractivity contribution is 7.90. The summed E-state index contributed by atoms with van der Waals surface area (Å²) in [7, 11) is -2.00. The van der Waals surface area contributed by atoms with Crippen LogP contribution in [0.25, 0.3) is 0 Å². The minimum atomic E-state index is -3.51. The van der Waals surface area contributed by atoms with Crippen molar-refractivity contribution in [1.29, 1.82) is 0 Å². The number of halogens is 1. The highest BCUT2D eigenvalue weighted by Gasteiger charge is 2.21. The predicted molar refractivity (Wildman–Crippen MR) is 78.7 cm³/mol. The Morgan fingerprint density at radius 2 is 1.62 bits per heavy atom. The van der Waals surface area contributed by atoms with Crippen molar-refractivity contribution in [3.05, 3.63) is 59.9 Å². The van der Waals surface area contributed by atoms with Gasteiger partial charge < -0.3 is 4.90 Å². The lowest BCUT2D eigenvalue weighted by molar-refractivity contribution is 0.0990. The van der Waals surface area contributed by atoms with Crippen LogP contribution in [0.1, 0.15) is 10.4 Å². The Kier molecular flexibility index (Phi) is 4.09. The van der Waals surface area contributed by atoms with E-state index < -0.39 is 21.6 Å². The van der Waals surface area contributed by atoms with Crippen LogP contribution >= 0.6 is 0 Å². The van der Waals surface area contributed by atoms with E-state index in [1.807, 2.05) is 0 Å². The Hall–Kier alpha value is -2.21. The highest BCUT2D eigenvalue weighted by Crippen LogP contribution is 2.20. The first-order valence-electron chi connectivity index (χ1n) is 6.13. The standard InChI is InChI=1S/C15H14FNO3S/c1-17(12-9-7-11(16)8-10-12)15(18)13-5-3-4-6-14(13)21(2,19)20/h3-10H,1-2H3. The molecule has 0 saturated carbocycles. The zero-order chi connectivity index (χ0) is 15.6. The summed E-state index contributed by atoms with van der Waals surface area (Å²) in [6.07, 6.45) is 1.05. The zero-order valence-corrected chi connectivity index (χ0v) is 12.4. The van der Waals surface area contributed by atoms with Crippen LogP contribution in [-0.4, -0.2) is 27.6 Å². The molecular formula is C15H14FNO3S. The second-order valence-corrected chi connectivity index (χ2v) is 6.59. The molecule has 1 amide bonds. The quantitative estimate of drug-likeness (QED) is 0.875. The molecule has 0 fully saturated rings. The van der Waals surface area contributed by atoms with Gasteiger partial charge in [0.1, 0.15) is 5.82 Å². The van der Waals surface area contributed by atoms with Crippen molar-refractivity contribution in [1.82, 2.24) is 0 Å². The van der Waals surface area contributed by atoms with Gasteiger partial charge in [0.2, 0.25) is 0 Å². The van der Waals surface area contributed by atoms with Crippen molar-refractivity contribution in [2.24, 2.45) is 0 Å². The lowest BCUT2D eigenvalue weighted by Crippen LogP contribution is -2.27. The molecule has 0 aliphatic rings. The third-order valence-corrected chi connectivity index (χ3v) is 4.19. The SMILES string of the molecule is CN(C(=O)c1ccccc1S(C)(=O)=O)c1ccc(F)cc1. The van der Waals surface area contributed by atoms with Crippen LogP contribution in [0.3, 0.4) is 0 Å². The van der Waals surface area contributed by atoms with Gasteiger partial charge in [-0.3, -0.25) is 4.79 Å². The Morgan fingerprint density at radius 3 is 2.19 bits per heavy atom. The molecule has 4 nitrogen and oxygen atoms in total. The number of amides is 1. The number of sulfone groups is 1. The van der Waals surface area contributed by atoms with Crippen LogP contribution in [0.15, 0.2) is 53.4 Å². The molecule has 0 heterocycles. The number of nitrogens with zero attached hydrogens (tertiary/aromatic N) is 1. The summed E-state index contributed by atoms with van der Waals surface area (Å²) in [5.74, 6) is -0.876. The fraction of sp³-hybridized carbons (Fsp3) is 0.133. The summed E-state index contributed by atoms with van der Waals surface area (Å²) < 4.78 is 36.4. The minimum Gasteiger partial charge on any atom is -0.311 e. The topological polar surface area (TPSA) is 54.5 Å². The molecule has 0 atom stereocenters. The number of hydrogen-bond acceptors (Lipinski definition) is 3. The summed E-state index contributed by atoms with van der Waals surface area (Å²) in [6, 6.07) is 11.4. The molecule has 21 heavy (non-hydrogen) atoms. The Labute approximate surface area is 122 Å². The van der Waals surface area contributed by atoms with Crippen LogP contribution in [0.5, 0.6) is 0 Å². The van der Waals surface area contributed by atoms with E-state index in [2.05, 4.69) is 0 Å². The molecule has 0 aliphatic heterocycles. The van der Waals surface area contributed by atoms with E-state index in [4.69, 9.17) is 0 Å². The maximum atomic E-state index is 12.9. The smallest absolute Gasteiger partial charge is 0.259 e. The van der Waals surface area contributed by atoms with E-state index in [0.29, 0.717) is 5.69 Å². The van der Waals surface area contributed by atoms with E-state index in [1.165, 1.54) is 48.3 Å². The van der Waals surface area contributed by atoms with Gasteiger partial charge in [-0.05, 0) is 36.4 Å². The van der Waals surface area contributed by atoms with E-state index in [9.17, 15) is 17.6 Å². The van der Waals surface area contributed by atoms with E-state index in [1.54, 1.807) is 12.1 Å². The number of benzene rings is 2. The predicted octanol–water partition coefficient (Wildman–Crippen LogP) is 2.51. The number of hydrogen-bond donors (Lipinski definition) is 0.